The van der Waals surface area contributed by atoms with Gasteiger partial charge in [0.05, 0.1) is 0 Å². The van der Waals surface area contributed by atoms with Crippen molar-refractivity contribution in [1.82, 2.24) is 15.2 Å². The van der Waals surface area contributed by atoms with Crippen molar-refractivity contribution in [2.24, 2.45) is 0 Å². The van der Waals surface area contributed by atoms with Gasteiger partial charge in [-0.3, -0.25) is 9.71 Å². The second-order valence-corrected chi connectivity index (χ2v) is 6.72. The summed E-state index contributed by atoms with van der Waals surface area (Å²) in [5, 5.41) is 16.7. The average Bonchev–Trinajstić information content (AvgIpc) is 2.81. The van der Waals surface area contributed by atoms with Gasteiger partial charge in [0.1, 0.15) is 9.90 Å². The average molecular weight is 326 g/mol. The molecule has 0 bridgehead atoms. The summed E-state index contributed by atoms with van der Waals surface area (Å²) in [6.45, 7) is 1.70. The van der Waals surface area contributed by atoms with Crippen LogP contribution in [-0.4, -0.2) is 34.7 Å². The predicted octanol–water partition coefficient (Wildman–Crippen LogP) is 1.14. The minimum Gasteiger partial charge on any atom is -0.478 e. The Bertz CT molecular complexity index is 798. The molecule has 2 aromatic rings. The van der Waals surface area contributed by atoms with Crippen LogP contribution >= 0.6 is 11.3 Å². The van der Waals surface area contributed by atoms with Crippen LogP contribution < -0.4 is 4.72 Å². The number of carboxylic acids is 1. The van der Waals surface area contributed by atoms with Gasteiger partial charge in [-0.05, 0) is 24.6 Å². The third kappa shape index (κ3) is 4.07. The maximum atomic E-state index is 12.1. The largest absolute Gasteiger partial charge is 0.478 e. The summed E-state index contributed by atoms with van der Waals surface area (Å²) in [5.74, 6) is -1.13. The molecule has 2 N–H and O–H groups in total. The standard InChI is InChI=1S/C11H10N4O4S2/c1-7-13-14-11(20-7)15-21(18,19)9-4-8(5-12-6-9)2-3-10(16)17/h2-6H,1H3,(H,14,15)(H,16,17)/b3-2+. The van der Waals surface area contributed by atoms with Crippen LogP contribution in [0.1, 0.15) is 10.6 Å². The van der Waals surface area contributed by atoms with Gasteiger partial charge < -0.3 is 5.11 Å². The van der Waals surface area contributed by atoms with Gasteiger partial charge in [-0.2, -0.15) is 0 Å². The first-order valence-corrected chi connectivity index (χ1v) is 7.86. The Labute approximate surface area is 124 Å². The van der Waals surface area contributed by atoms with Gasteiger partial charge in [0.25, 0.3) is 10.0 Å². The molecule has 21 heavy (non-hydrogen) atoms. The summed E-state index contributed by atoms with van der Waals surface area (Å²) < 4.78 is 26.6. The smallest absolute Gasteiger partial charge is 0.328 e. The van der Waals surface area contributed by atoms with Gasteiger partial charge in [0.15, 0.2) is 0 Å². The molecule has 0 radical (unpaired) electrons. The predicted molar refractivity (Wildman–Crippen MR) is 76.4 cm³/mol. The fourth-order valence-electron chi connectivity index (χ4n) is 1.35. The van der Waals surface area contributed by atoms with Crippen molar-refractivity contribution in [3.8, 4) is 0 Å². The number of aryl methyl sites for hydroxylation is 1. The first kappa shape index (κ1) is 15.1. The van der Waals surface area contributed by atoms with E-state index < -0.39 is 16.0 Å². The molecule has 10 heteroatoms. The van der Waals surface area contributed by atoms with Crippen LogP contribution in [0.4, 0.5) is 5.13 Å². The summed E-state index contributed by atoms with van der Waals surface area (Å²) in [6.07, 6.45) is 4.67. The lowest BCUT2D eigenvalue weighted by Crippen LogP contribution is -2.13. The Hall–Kier alpha value is -2.33. The zero-order valence-corrected chi connectivity index (χ0v) is 12.3. The molecule has 0 aromatic carbocycles. The molecule has 2 heterocycles. The molecule has 2 aromatic heterocycles. The van der Waals surface area contributed by atoms with Crippen LogP contribution in [-0.2, 0) is 14.8 Å². The van der Waals surface area contributed by atoms with Crippen LogP contribution in [0.3, 0.4) is 0 Å². The minimum absolute atomic E-state index is 0.0945. The van der Waals surface area contributed by atoms with E-state index in [0.29, 0.717) is 10.6 Å². The maximum absolute atomic E-state index is 12.1. The summed E-state index contributed by atoms with van der Waals surface area (Å²) in [5.41, 5.74) is 0.355. The lowest BCUT2D eigenvalue weighted by atomic mass is 10.2. The van der Waals surface area contributed by atoms with Crippen molar-refractivity contribution in [3.63, 3.8) is 0 Å². The van der Waals surface area contributed by atoms with E-state index in [1.54, 1.807) is 6.92 Å². The number of hydrogen-bond acceptors (Lipinski definition) is 7. The highest BCUT2D eigenvalue weighted by Gasteiger charge is 2.17. The molecule has 0 amide bonds. The number of aromatic nitrogens is 3. The van der Waals surface area contributed by atoms with Crippen LogP contribution in [0.25, 0.3) is 6.08 Å². The van der Waals surface area contributed by atoms with Crippen LogP contribution in [0.2, 0.25) is 0 Å². The maximum Gasteiger partial charge on any atom is 0.328 e. The number of carbonyl (C=O) groups is 1. The summed E-state index contributed by atoms with van der Waals surface area (Å²) in [7, 11) is -3.85. The van der Waals surface area contributed by atoms with Gasteiger partial charge >= 0.3 is 5.97 Å². The SMILES string of the molecule is Cc1nnc(NS(=O)(=O)c2cncc(/C=C/C(=O)O)c2)s1. The number of rotatable bonds is 5. The van der Waals surface area contributed by atoms with Crippen LogP contribution in [0, 0.1) is 6.92 Å². The lowest BCUT2D eigenvalue weighted by Gasteiger charge is -2.04. The highest BCUT2D eigenvalue weighted by molar-refractivity contribution is 7.93. The highest BCUT2D eigenvalue weighted by Crippen LogP contribution is 2.19. The van der Waals surface area contributed by atoms with E-state index in [-0.39, 0.29) is 10.0 Å². The second kappa shape index (κ2) is 5.97. The van der Waals surface area contributed by atoms with Gasteiger partial charge in [0, 0.05) is 18.5 Å². The van der Waals surface area contributed by atoms with Crippen LogP contribution in [0.15, 0.2) is 29.4 Å². The van der Waals surface area contributed by atoms with Gasteiger partial charge in [0.2, 0.25) is 5.13 Å². The Morgan fingerprint density at radius 3 is 2.76 bits per heavy atom. The monoisotopic (exact) mass is 326 g/mol. The number of sulfonamides is 1. The first-order valence-electron chi connectivity index (χ1n) is 5.56. The number of nitrogens with zero attached hydrogens (tertiary/aromatic N) is 3. The Balaban J connectivity index is 2.27. The van der Waals surface area contributed by atoms with Crippen molar-refractivity contribution < 1.29 is 18.3 Å². The molecular formula is C11H10N4O4S2. The number of carboxylic acid groups (broad SMARTS) is 1. The molecule has 0 aliphatic heterocycles. The van der Waals surface area contributed by atoms with Gasteiger partial charge in [-0.1, -0.05) is 11.3 Å². The topological polar surface area (TPSA) is 122 Å². The Morgan fingerprint density at radius 1 is 1.38 bits per heavy atom. The molecule has 0 aliphatic rings. The molecule has 0 spiro atoms. The molecule has 2 rings (SSSR count). The molecule has 0 atom stereocenters. The quantitative estimate of drug-likeness (QED) is 0.790. The molecular weight excluding hydrogens is 316 g/mol. The highest BCUT2D eigenvalue weighted by atomic mass is 32.2. The fourth-order valence-corrected chi connectivity index (χ4v) is 3.17. The molecule has 0 saturated heterocycles. The van der Waals surface area contributed by atoms with E-state index in [1.807, 2.05) is 0 Å². The molecule has 110 valence electrons. The third-order valence-electron chi connectivity index (χ3n) is 2.21. The van der Waals surface area contributed by atoms with E-state index in [4.69, 9.17) is 5.11 Å². The number of anilines is 1. The number of aliphatic carboxylic acids is 1. The normalized spacial score (nSPS) is 11.7. The van der Waals surface area contributed by atoms with Crippen molar-refractivity contribution >= 4 is 38.5 Å². The second-order valence-electron chi connectivity index (χ2n) is 3.86. The Morgan fingerprint density at radius 2 is 2.14 bits per heavy atom. The summed E-state index contributed by atoms with van der Waals surface area (Å²) in [4.78, 5) is 14.1. The fraction of sp³-hybridized carbons (Fsp3) is 0.0909. The number of hydrogen-bond donors (Lipinski definition) is 2. The van der Waals surface area contributed by atoms with E-state index in [1.165, 1.54) is 18.3 Å². The number of nitrogens with one attached hydrogen (secondary N) is 1. The van der Waals surface area contributed by atoms with Crippen molar-refractivity contribution in [3.05, 3.63) is 35.1 Å². The van der Waals surface area contributed by atoms with Crippen molar-refractivity contribution in [2.45, 2.75) is 11.8 Å². The first-order chi connectivity index (χ1) is 9.87. The molecule has 0 unspecified atom stereocenters. The van der Waals surface area contributed by atoms with Gasteiger partial charge in [-0.25, -0.2) is 13.2 Å². The zero-order valence-electron chi connectivity index (χ0n) is 10.7. The van der Waals surface area contributed by atoms with Crippen molar-refractivity contribution in [2.75, 3.05) is 4.72 Å². The van der Waals surface area contributed by atoms with E-state index in [2.05, 4.69) is 19.9 Å². The third-order valence-corrected chi connectivity index (χ3v) is 4.40. The van der Waals surface area contributed by atoms with Crippen LogP contribution in [0.5, 0.6) is 0 Å². The molecule has 0 fully saturated rings. The number of pyridine rings is 1. The lowest BCUT2D eigenvalue weighted by molar-refractivity contribution is -0.131. The molecule has 0 aliphatic carbocycles. The summed E-state index contributed by atoms with van der Waals surface area (Å²) in [6, 6.07) is 1.31. The minimum atomic E-state index is -3.85. The zero-order chi connectivity index (χ0) is 15.5. The van der Waals surface area contributed by atoms with Gasteiger partial charge in [-0.15, -0.1) is 10.2 Å². The van der Waals surface area contributed by atoms with Crippen molar-refractivity contribution in [1.29, 1.82) is 0 Å². The van der Waals surface area contributed by atoms with E-state index >= 15 is 0 Å². The molecule has 8 nitrogen and oxygen atoms in total. The summed E-state index contributed by atoms with van der Waals surface area (Å²) >= 11 is 1.10. The molecule has 0 saturated carbocycles. The van der Waals surface area contributed by atoms with E-state index in [0.717, 1.165) is 23.6 Å². The van der Waals surface area contributed by atoms with E-state index in [9.17, 15) is 13.2 Å². The Kier molecular flexibility index (Phi) is 4.29.